The van der Waals surface area contributed by atoms with Crippen LogP contribution in [0.2, 0.25) is 0 Å². The van der Waals surface area contributed by atoms with Gasteiger partial charge in [0.25, 0.3) is 0 Å². The van der Waals surface area contributed by atoms with Crippen LogP contribution in [0.25, 0.3) is 10.9 Å². The highest BCUT2D eigenvalue weighted by Gasteiger charge is 2.05. The lowest BCUT2D eigenvalue weighted by molar-refractivity contribution is 0.676. The van der Waals surface area contributed by atoms with E-state index >= 15 is 0 Å². The Balaban J connectivity index is 2.17. The number of benzene rings is 1. The smallest absolute Gasteiger partial charge is 0.0702 e. The number of aromatic nitrogens is 1. The van der Waals surface area contributed by atoms with E-state index in [2.05, 4.69) is 4.98 Å². The molecule has 0 spiro atoms. The van der Waals surface area contributed by atoms with Gasteiger partial charge in [-0.15, -0.1) is 0 Å². The third kappa shape index (κ3) is 3.35. The van der Waals surface area contributed by atoms with E-state index in [0.29, 0.717) is 11.5 Å². The van der Waals surface area contributed by atoms with Gasteiger partial charge in [0.2, 0.25) is 0 Å². The van der Waals surface area contributed by atoms with Crippen molar-refractivity contribution in [1.29, 1.82) is 0 Å². The van der Waals surface area contributed by atoms with Crippen molar-refractivity contribution >= 4 is 21.7 Å². The molecule has 17 heavy (non-hydrogen) atoms. The first kappa shape index (κ1) is 12.2. The summed E-state index contributed by atoms with van der Waals surface area (Å²) in [5.41, 5.74) is 7.67. The highest BCUT2D eigenvalue weighted by molar-refractivity contribution is 7.84. The average molecular weight is 248 g/mol. The normalized spacial score (nSPS) is 14.7. The van der Waals surface area contributed by atoms with Crippen molar-refractivity contribution in [2.45, 2.75) is 18.7 Å². The highest BCUT2D eigenvalue weighted by atomic mass is 32.2. The van der Waals surface area contributed by atoms with Gasteiger partial charge in [0.1, 0.15) is 0 Å². The van der Waals surface area contributed by atoms with Crippen molar-refractivity contribution in [2.75, 3.05) is 5.75 Å². The van der Waals surface area contributed by atoms with Crippen LogP contribution >= 0.6 is 0 Å². The monoisotopic (exact) mass is 248 g/mol. The number of hydrogen-bond donors (Lipinski definition) is 1. The van der Waals surface area contributed by atoms with Crippen molar-refractivity contribution < 1.29 is 4.21 Å². The maximum Gasteiger partial charge on any atom is 0.0702 e. The maximum atomic E-state index is 11.8. The maximum absolute atomic E-state index is 11.8. The Kier molecular flexibility index (Phi) is 3.86. The molecule has 3 nitrogen and oxygen atoms in total. The fourth-order valence-electron chi connectivity index (χ4n) is 1.75. The van der Waals surface area contributed by atoms with Crippen LogP contribution in [0, 0.1) is 0 Å². The second-order valence-corrected chi connectivity index (χ2v) is 5.76. The van der Waals surface area contributed by atoms with Gasteiger partial charge in [0.05, 0.1) is 5.52 Å². The van der Waals surface area contributed by atoms with Crippen molar-refractivity contribution in [2.24, 2.45) is 5.73 Å². The molecule has 0 fully saturated rings. The first-order valence-corrected chi connectivity index (χ1v) is 7.08. The van der Waals surface area contributed by atoms with Crippen LogP contribution in [-0.4, -0.2) is 21.0 Å². The van der Waals surface area contributed by atoms with Gasteiger partial charge in [-0.3, -0.25) is 9.19 Å². The van der Waals surface area contributed by atoms with Gasteiger partial charge in [-0.1, -0.05) is 12.1 Å². The number of fused-ring (bicyclic) bond motifs is 1. The van der Waals surface area contributed by atoms with E-state index in [1.165, 1.54) is 0 Å². The minimum Gasteiger partial charge on any atom is -0.327 e. The zero-order valence-electron chi connectivity index (χ0n) is 9.80. The van der Waals surface area contributed by atoms with Crippen LogP contribution < -0.4 is 5.73 Å². The lowest BCUT2D eigenvalue weighted by Crippen LogP contribution is -2.23. The summed E-state index contributed by atoms with van der Waals surface area (Å²) in [5.74, 6) is 1.11. The Morgan fingerprint density at radius 2 is 2.24 bits per heavy atom. The second kappa shape index (κ2) is 5.38. The summed E-state index contributed by atoms with van der Waals surface area (Å²) < 4.78 is 11.8. The predicted molar refractivity (Wildman–Crippen MR) is 72.1 cm³/mol. The molecule has 0 amide bonds. The average Bonchev–Trinajstić information content (AvgIpc) is 2.27. The lowest BCUT2D eigenvalue weighted by Gasteiger charge is -2.06. The molecule has 1 aromatic heterocycles. The van der Waals surface area contributed by atoms with Crippen LogP contribution in [0.15, 0.2) is 36.5 Å². The van der Waals surface area contributed by atoms with E-state index in [0.717, 1.165) is 16.5 Å². The topological polar surface area (TPSA) is 56.0 Å². The molecule has 2 atom stereocenters. The Hall–Kier alpha value is -1.26. The molecule has 0 saturated heterocycles. The molecule has 1 aromatic carbocycles. The summed E-state index contributed by atoms with van der Waals surface area (Å²) >= 11 is 0. The molecule has 0 radical (unpaired) electrons. The number of pyridine rings is 1. The zero-order valence-corrected chi connectivity index (χ0v) is 10.6. The van der Waals surface area contributed by atoms with E-state index in [1.807, 2.05) is 37.3 Å². The van der Waals surface area contributed by atoms with Crippen molar-refractivity contribution in [3.63, 3.8) is 0 Å². The van der Waals surface area contributed by atoms with Gasteiger partial charge >= 0.3 is 0 Å². The summed E-state index contributed by atoms with van der Waals surface area (Å²) in [6.07, 6.45) is 1.77. The van der Waals surface area contributed by atoms with Gasteiger partial charge in [0, 0.05) is 39.9 Å². The van der Waals surface area contributed by atoms with Gasteiger partial charge in [0.15, 0.2) is 0 Å². The van der Waals surface area contributed by atoms with E-state index < -0.39 is 10.8 Å². The molecule has 4 heteroatoms. The molecular weight excluding hydrogens is 232 g/mol. The Labute approximate surface area is 104 Å². The molecule has 90 valence electrons. The Bertz CT molecular complexity index is 540. The Morgan fingerprint density at radius 1 is 1.41 bits per heavy atom. The first-order chi connectivity index (χ1) is 8.15. The molecule has 2 aromatic rings. The lowest BCUT2D eigenvalue weighted by atomic mass is 10.1. The number of nitrogens with zero attached hydrogens (tertiary/aromatic N) is 1. The standard InChI is InChI=1S/C13H16N2OS/c1-10(14)8-17(16)9-11-4-5-13-12(7-11)3-2-6-15-13/h2-7,10H,8-9,14H2,1H3. The van der Waals surface area contributed by atoms with Gasteiger partial charge < -0.3 is 5.73 Å². The van der Waals surface area contributed by atoms with E-state index in [4.69, 9.17) is 5.73 Å². The summed E-state index contributed by atoms with van der Waals surface area (Å²) in [6, 6.07) is 9.90. The molecule has 1 heterocycles. The Morgan fingerprint density at radius 3 is 3.00 bits per heavy atom. The minimum atomic E-state index is -0.889. The quantitative estimate of drug-likeness (QED) is 0.898. The van der Waals surface area contributed by atoms with Crippen LogP contribution in [0.3, 0.4) is 0 Å². The van der Waals surface area contributed by atoms with E-state index in [1.54, 1.807) is 6.20 Å². The summed E-state index contributed by atoms with van der Waals surface area (Å²) in [7, 11) is -0.889. The highest BCUT2D eigenvalue weighted by Crippen LogP contribution is 2.14. The van der Waals surface area contributed by atoms with Gasteiger partial charge in [-0.05, 0) is 30.7 Å². The summed E-state index contributed by atoms with van der Waals surface area (Å²) in [5, 5.41) is 1.09. The molecule has 2 unspecified atom stereocenters. The van der Waals surface area contributed by atoms with Gasteiger partial charge in [-0.2, -0.15) is 0 Å². The van der Waals surface area contributed by atoms with Crippen LogP contribution in [-0.2, 0) is 16.6 Å². The van der Waals surface area contributed by atoms with E-state index in [-0.39, 0.29) is 6.04 Å². The molecule has 0 saturated carbocycles. The third-order valence-electron chi connectivity index (χ3n) is 2.44. The molecule has 0 aliphatic carbocycles. The molecular formula is C13H16N2OS. The van der Waals surface area contributed by atoms with Crippen LogP contribution in [0.5, 0.6) is 0 Å². The predicted octanol–water partition coefficient (Wildman–Crippen LogP) is 1.83. The van der Waals surface area contributed by atoms with Gasteiger partial charge in [-0.25, -0.2) is 0 Å². The SMILES string of the molecule is CC(N)CS(=O)Cc1ccc2ncccc2c1. The summed E-state index contributed by atoms with van der Waals surface area (Å²) in [4.78, 5) is 4.25. The molecule has 0 bridgehead atoms. The molecule has 2 N–H and O–H groups in total. The zero-order chi connectivity index (χ0) is 12.3. The summed E-state index contributed by atoms with van der Waals surface area (Å²) in [6.45, 7) is 1.88. The van der Waals surface area contributed by atoms with Crippen molar-refractivity contribution in [1.82, 2.24) is 4.98 Å². The van der Waals surface area contributed by atoms with Crippen molar-refractivity contribution in [3.05, 3.63) is 42.1 Å². The van der Waals surface area contributed by atoms with Crippen molar-refractivity contribution in [3.8, 4) is 0 Å². The number of hydrogen-bond acceptors (Lipinski definition) is 3. The fourth-order valence-corrected chi connectivity index (χ4v) is 3.01. The largest absolute Gasteiger partial charge is 0.327 e. The third-order valence-corrected chi connectivity index (χ3v) is 4.00. The number of rotatable bonds is 4. The van der Waals surface area contributed by atoms with Crippen LogP contribution in [0.1, 0.15) is 12.5 Å². The number of nitrogens with two attached hydrogens (primary N) is 1. The molecule has 0 aliphatic rings. The molecule has 0 aliphatic heterocycles. The van der Waals surface area contributed by atoms with E-state index in [9.17, 15) is 4.21 Å². The first-order valence-electron chi connectivity index (χ1n) is 5.59. The molecule has 2 rings (SSSR count). The second-order valence-electron chi connectivity index (χ2n) is 4.26. The minimum absolute atomic E-state index is 0.0158. The fraction of sp³-hybridized carbons (Fsp3) is 0.308. The van der Waals surface area contributed by atoms with Crippen LogP contribution in [0.4, 0.5) is 0 Å².